The maximum Gasteiger partial charge on any atom is 0.414 e. The van der Waals surface area contributed by atoms with Crippen molar-refractivity contribution in [2.45, 2.75) is 26.9 Å². The van der Waals surface area contributed by atoms with Crippen LogP contribution in [0.2, 0.25) is 0 Å². The number of nitrogens with zero attached hydrogens (tertiary/aromatic N) is 1. The van der Waals surface area contributed by atoms with Gasteiger partial charge in [0.15, 0.2) is 0 Å². The molecule has 1 amide bonds. The van der Waals surface area contributed by atoms with Gasteiger partial charge in [0, 0.05) is 12.2 Å². The van der Waals surface area contributed by atoms with Gasteiger partial charge in [-0.05, 0) is 56.6 Å². The average Bonchev–Trinajstić information content (AvgIpc) is 2.67. The van der Waals surface area contributed by atoms with E-state index in [0.717, 1.165) is 5.69 Å². The minimum atomic E-state index is -0.252. The lowest BCUT2D eigenvalue weighted by atomic mass is 10.0. The van der Waals surface area contributed by atoms with Gasteiger partial charge in [0.25, 0.3) is 0 Å². The van der Waals surface area contributed by atoms with Crippen LogP contribution in [0.25, 0.3) is 0 Å². The van der Waals surface area contributed by atoms with Crippen LogP contribution in [0, 0.1) is 20.8 Å². The SMILES string of the molecule is CNC[C@H]1CN(c2cc(C)c(C)c(C)c2)C(=O)O1. The number of likely N-dealkylation sites (N-methyl/N-ethyl adjacent to an activating group) is 1. The Bertz CT molecular complexity index is 448. The number of amides is 1. The van der Waals surface area contributed by atoms with Crippen molar-refractivity contribution >= 4 is 11.8 Å². The molecule has 0 aliphatic carbocycles. The second kappa shape index (κ2) is 4.98. The van der Waals surface area contributed by atoms with Gasteiger partial charge in [-0.3, -0.25) is 4.90 Å². The molecule has 1 fully saturated rings. The zero-order valence-electron chi connectivity index (χ0n) is 11.4. The standard InChI is InChI=1S/C14H20N2O2/c1-9-5-12(6-10(2)11(9)3)16-8-13(7-15-4)18-14(16)17/h5-6,13,15H,7-8H2,1-4H3/t13-/m0/s1. The Morgan fingerprint density at radius 3 is 2.50 bits per heavy atom. The normalized spacial score (nSPS) is 19.2. The number of rotatable bonds is 3. The van der Waals surface area contributed by atoms with Gasteiger partial charge in [0.05, 0.1) is 6.54 Å². The van der Waals surface area contributed by atoms with Crippen LogP contribution in [-0.2, 0) is 4.74 Å². The lowest BCUT2D eigenvalue weighted by Crippen LogP contribution is -2.29. The topological polar surface area (TPSA) is 41.6 Å². The molecule has 1 heterocycles. The van der Waals surface area contributed by atoms with E-state index < -0.39 is 0 Å². The molecule has 98 valence electrons. The van der Waals surface area contributed by atoms with Crippen molar-refractivity contribution in [2.24, 2.45) is 0 Å². The van der Waals surface area contributed by atoms with Crippen molar-refractivity contribution in [3.8, 4) is 0 Å². The van der Waals surface area contributed by atoms with Gasteiger partial charge in [-0.1, -0.05) is 0 Å². The highest BCUT2D eigenvalue weighted by Crippen LogP contribution is 2.26. The molecule has 0 unspecified atom stereocenters. The fourth-order valence-electron chi connectivity index (χ4n) is 2.24. The summed E-state index contributed by atoms with van der Waals surface area (Å²) in [4.78, 5) is 13.6. The van der Waals surface area contributed by atoms with Crippen LogP contribution < -0.4 is 10.2 Å². The van der Waals surface area contributed by atoms with E-state index in [1.54, 1.807) is 4.90 Å². The number of hydrogen-bond donors (Lipinski definition) is 1. The van der Waals surface area contributed by atoms with Crippen molar-refractivity contribution in [2.75, 3.05) is 25.0 Å². The number of carbonyl (C=O) groups is 1. The smallest absolute Gasteiger partial charge is 0.414 e. The molecule has 18 heavy (non-hydrogen) atoms. The van der Waals surface area contributed by atoms with Gasteiger partial charge >= 0.3 is 6.09 Å². The van der Waals surface area contributed by atoms with Crippen molar-refractivity contribution in [1.82, 2.24) is 5.32 Å². The molecule has 0 saturated carbocycles. The maximum atomic E-state index is 11.8. The van der Waals surface area contributed by atoms with Crippen molar-refractivity contribution in [3.63, 3.8) is 0 Å². The third kappa shape index (κ3) is 2.34. The largest absolute Gasteiger partial charge is 0.443 e. The number of aryl methyl sites for hydroxylation is 2. The summed E-state index contributed by atoms with van der Waals surface area (Å²) < 4.78 is 5.30. The predicted molar refractivity (Wildman–Crippen MR) is 72.2 cm³/mol. The second-order valence-corrected chi connectivity index (χ2v) is 4.88. The zero-order valence-corrected chi connectivity index (χ0v) is 11.4. The quantitative estimate of drug-likeness (QED) is 0.891. The number of hydrogen-bond acceptors (Lipinski definition) is 3. The number of anilines is 1. The molecule has 1 saturated heterocycles. The molecule has 0 aromatic heterocycles. The number of ether oxygens (including phenoxy) is 1. The lowest BCUT2D eigenvalue weighted by Gasteiger charge is -2.16. The number of benzene rings is 1. The zero-order chi connectivity index (χ0) is 13.3. The monoisotopic (exact) mass is 248 g/mol. The van der Waals surface area contributed by atoms with Gasteiger partial charge < -0.3 is 10.1 Å². The first-order chi connectivity index (χ1) is 8.52. The molecule has 0 radical (unpaired) electrons. The van der Waals surface area contributed by atoms with Crippen LogP contribution in [-0.4, -0.2) is 32.3 Å². The van der Waals surface area contributed by atoms with Crippen LogP contribution in [0.15, 0.2) is 12.1 Å². The molecule has 0 bridgehead atoms. The minimum absolute atomic E-state index is 0.0654. The van der Waals surface area contributed by atoms with Crippen LogP contribution in [0.5, 0.6) is 0 Å². The van der Waals surface area contributed by atoms with Gasteiger partial charge in [0.2, 0.25) is 0 Å². The Hall–Kier alpha value is -1.55. The lowest BCUT2D eigenvalue weighted by molar-refractivity contribution is 0.141. The molecule has 2 rings (SSSR count). The van der Waals surface area contributed by atoms with Crippen molar-refractivity contribution in [1.29, 1.82) is 0 Å². The summed E-state index contributed by atoms with van der Waals surface area (Å²) in [5, 5.41) is 3.03. The summed E-state index contributed by atoms with van der Waals surface area (Å²) in [5.41, 5.74) is 4.61. The summed E-state index contributed by atoms with van der Waals surface area (Å²) in [6.07, 6.45) is -0.317. The van der Waals surface area contributed by atoms with Crippen molar-refractivity contribution < 1.29 is 9.53 Å². The second-order valence-electron chi connectivity index (χ2n) is 4.88. The Labute approximate surface area is 108 Å². The molecule has 1 aliphatic rings. The number of carbonyl (C=O) groups excluding carboxylic acids is 1. The Kier molecular flexibility index (Phi) is 3.57. The molecule has 1 aromatic carbocycles. The first kappa shape index (κ1) is 12.9. The molecule has 1 aromatic rings. The van der Waals surface area contributed by atoms with E-state index in [1.807, 2.05) is 19.2 Å². The third-order valence-electron chi connectivity index (χ3n) is 3.53. The summed E-state index contributed by atoms with van der Waals surface area (Å²) >= 11 is 0. The molecular weight excluding hydrogens is 228 g/mol. The van der Waals surface area contributed by atoms with Crippen molar-refractivity contribution in [3.05, 3.63) is 28.8 Å². The molecule has 1 N–H and O–H groups in total. The highest BCUT2D eigenvalue weighted by atomic mass is 16.6. The Morgan fingerprint density at radius 2 is 1.94 bits per heavy atom. The summed E-state index contributed by atoms with van der Waals surface area (Å²) in [5.74, 6) is 0. The van der Waals surface area contributed by atoms with Gasteiger partial charge in [0.1, 0.15) is 6.10 Å². The highest BCUT2D eigenvalue weighted by molar-refractivity contribution is 5.90. The molecular formula is C14H20N2O2. The molecule has 4 heteroatoms. The summed E-state index contributed by atoms with van der Waals surface area (Å²) in [6.45, 7) is 7.53. The molecule has 4 nitrogen and oxygen atoms in total. The van der Waals surface area contributed by atoms with Gasteiger partial charge in [-0.2, -0.15) is 0 Å². The number of nitrogens with one attached hydrogen (secondary N) is 1. The predicted octanol–water partition coefficient (Wildman–Crippen LogP) is 2.16. The van der Waals surface area contributed by atoms with E-state index in [1.165, 1.54) is 16.7 Å². The fraction of sp³-hybridized carbons (Fsp3) is 0.500. The highest BCUT2D eigenvalue weighted by Gasteiger charge is 2.32. The average molecular weight is 248 g/mol. The van der Waals surface area contributed by atoms with Crippen LogP contribution in [0.1, 0.15) is 16.7 Å². The van der Waals surface area contributed by atoms with E-state index >= 15 is 0 Å². The summed E-state index contributed by atoms with van der Waals surface area (Å²) in [7, 11) is 1.86. The van der Waals surface area contributed by atoms with E-state index in [0.29, 0.717) is 13.1 Å². The number of cyclic esters (lactones) is 1. The Morgan fingerprint density at radius 1 is 1.33 bits per heavy atom. The van der Waals surface area contributed by atoms with Crippen LogP contribution >= 0.6 is 0 Å². The van der Waals surface area contributed by atoms with Crippen LogP contribution in [0.4, 0.5) is 10.5 Å². The molecule has 1 aliphatic heterocycles. The minimum Gasteiger partial charge on any atom is -0.443 e. The maximum absolute atomic E-state index is 11.8. The summed E-state index contributed by atoms with van der Waals surface area (Å²) in [6, 6.07) is 4.09. The Balaban J connectivity index is 2.24. The van der Waals surface area contributed by atoms with E-state index in [9.17, 15) is 4.79 Å². The third-order valence-corrected chi connectivity index (χ3v) is 3.53. The van der Waals surface area contributed by atoms with E-state index in [2.05, 4.69) is 26.1 Å². The van der Waals surface area contributed by atoms with Crippen LogP contribution in [0.3, 0.4) is 0 Å². The fourth-order valence-corrected chi connectivity index (χ4v) is 2.24. The van der Waals surface area contributed by atoms with Gasteiger partial charge in [-0.25, -0.2) is 4.79 Å². The molecule has 0 spiro atoms. The molecule has 1 atom stereocenters. The van der Waals surface area contributed by atoms with E-state index in [4.69, 9.17) is 4.74 Å². The first-order valence-corrected chi connectivity index (χ1v) is 6.23. The first-order valence-electron chi connectivity index (χ1n) is 6.23. The van der Waals surface area contributed by atoms with E-state index in [-0.39, 0.29) is 12.2 Å². The van der Waals surface area contributed by atoms with Gasteiger partial charge in [-0.15, -0.1) is 0 Å².